The smallest absolute Gasteiger partial charge is 0.391 e. The molecule has 2 aromatic carbocycles. The van der Waals surface area contributed by atoms with Crippen LogP contribution >= 0.6 is 35.4 Å². The van der Waals surface area contributed by atoms with Crippen LogP contribution in [-0.2, 0) is 13.2 Å². The molecular formula is C24H18Cl2F6N4O2S. The minimum Gasteiger partial charge on any atom is -0.391 e. The first kappa shape index (κ1) is 29.0. The van der Waals surface area contributed by atoms with Crippen LogP contribution in [0.3, 0.4) is 0 Å². The van der Waals surface area contributed by atoms with E-state index in [0.29, 0.717) is 29.8 Å². The Kier molecular flexibility index (Phi) is 7.32. The van der Waals surface area contributed by atoms with Gasteiger partial charge in [0, 0.05) is 18.0 Å². The second kappa shape index (κ2) is 9.86. The Labute approximate surface area is 232 Å². The van der Waals surface area contributed by atoms with Crippen LogP contribution in [-0.4, -0.2) is 33.1 Å². The van der Waals surface area contributed by atoms with Gasteiger partial charge >= 0.3 is 12.4 Å². The highest BCUT2D eigenvalue weighted by Crippen LogP contribution is 2.40. The minimum atomic E-state index is -5.14. The van der Waals surface area contributed by atoms with Crippen molar-refractivity contribution in [1.29, 1.82) is 0 Å². The summed E-state index contributed by atoms with van der Waals surface area (Å²) in [7, 11) is 1.38. The summed E-state index contributed by atoms with van der Waals surface area (Å²) in [5.41, 5.74) is 2.61. The molecule has 0 saturated heterocycles. The van der Waals surface area contributed by atoms with E-state index in [2.05, 4.69) is 5.32 Å². The summed E-state index contributed by atoms with van der Waals surface area (Å²) < 4.78 is 82.6. The first-order valence-electron chi connectivity index (χ1n) is 11.1. The number of fused-ring (bicyclic) bond motifs is 1. The van der Waals surface area contributed by atoms with Crippen LogP contribution in [0.15, 0.2) is 36.4 Å². The third kappa shape index (κ3) is 5.66. The third-order valence-corrected chi connectivity index (χ3v) is 7.45. The third-order valence-electron chi connectivity index (χ3n) is 6.41. The maximum absolute atomic E-state index is 13.9. The van der Waals surface area contributed by atoms with Crippen LogP contribution in [0.1, 0.15) is 50.9 Å². The van der Waals surface area contributed by atoms with Crippen LogP contribution in [0.4, 0.5) is 26.3 Å². The number of aryl methyl sites for hydroxylation is 1. The molecule has 0 aliphatic heterocycles. The van der Waals surface area contributed by atoms with Crippen molar-refractivity contribution in [2.75, 3.05) is 0 Å². The van der Waals surface area contributed by atoms with Gasteiger partial charge in [-0.25, -0.2) is 0 Å². The van der Waals surface area contributed by atoms with Crippen molar-refractivity contribution in [3.63, 3.8) is 0 Å². The average molecular weight is 611 g/mol. The van der Waals surface area contributed by atoms with E-state index in [1.165, 1.54) is 29.8 Å². The number of hydrogen-bond donors (Lipinski definition) is 3. The molecule has 6 nitrogen and oxygen atoms in total. The molecule has 1 saturated carbocycles. The lowest BCUT2D eigenvalue weighted by atomic mass is 10.0. The van der Waals surface area contributed by atoms with Crippen molar-refractivity contribution < 1.29 is 35.9 Å². The van der Waals surface area contributed by atoms with Gasteiger partial charge in [-0.05, 0) is 48.7 Å². The molecule has 1 heterocycles. The van der Waals surface area contributed by atoms with Gasteiger partial charge in [0.05, 0.1) is 31.7 Å². The van der Waals surface area contributed by atoms with Gasteiger partial charge in [-0.15, -0.1) is 0 Å². The zero-order valence-electron chi connectivity index (χ0n) is 19.7. The molecule has 1 atom stereocenters. The molecule has 0 bridgehead atoms. The molecule has 1 aliphatic carbocycles. The van der Waals surface area contributed by atoms with Crippen molar-refractivity contribution >= 4 is 63.1 Å². The van der Waals surface area contributed by atoms with Gasteiger partial charge in [0.1, 0.15) is 5.69 Å². The minimum absolute atomic E-state index is 0.000843. The maximum atomic E-state index is 13.9. The van der Waals surface area contributed by atoms with Crippen molar-refractivity contribution in [2.24, 2.45) is 12.8 Å². The molecule has 1 aromatic heterocycles. The number of carbonyl (C=O) groups excluding carboxylic acids is 2. The molecule has 208 valence electrons. The first-order chi connectivity index (χ1) is 17.9. The fraction of sp³-hybridized carbons (Fsp3) is 0.292. The number of hydrogen-bond acceptors (Lipinski definition) is 3. The summed E-state index contributed by atoms with van der Waals surface area (Å²) in [4.78, 5) is 25.9. The van der Waals surface area contributed by atoms with Crippen LogP contribution in [0.5, 0.6) is 0 Å². The van der Waals surface area contributed by atoms with E-state index in [4.69, 9.17) is 41.2 Å². The quantitative estimate of drug-likeness (QED) is 0.233. The predicted molar refractivity (Wildman–Crippen MR) is 137 cm³/mol. The number of nitrogens with zero attached hydrogens (tertiary/aromatic N) is 1. The Morgan fingerprint density at radius 1 is 1.03 bits per heavy atom. The van der Waals surface area contributed by atoms with E-state index in [1.807, 2.05) is 0 Å². The summed E-state index contributed by atoms with van der Waals surface area (Å²) in [6.45, 7) is 0. The molecule has 39 heavy (non-hydrogen) atoms. The number of carbonyl (C=O) groups is 2. The van der Waals surface area contributed by atoms with Gasteiger partial charge in [0.25, 0.3) is 11.8 Å². The Hall–Kier alpha value is -3.03. The summed E-state index contributed by atoms with van der Waals surface area (Å²) in [6, 6.07) is 2.84. The van der Waals surface area contributed by atoms with Crippen LogP contribution in [0.2, 0.25) is 10.0 Å². The van der Waals surface area contributed by atoms with Gasteiger partial charge in [0.15, 0.2) is 6.04 Å². The molecule has 1 unspecified atom stereocenters. The molecule has 4 rings (SSSR count). The Balaban J connectivity index is 1.67. The van der Waals surface area contributed by atoms with E-state index in [0.717, 1.165) is 6.07 Å². The highest BCUT2D eigenvalue weighted by molar-refractivity contribution is 7.80. The Morgan fingerprint density at radius 3 is 2.21 bits per heavy atom. The summed E-state index contributed by atoms with van der Waals surface area (Å²) in [5, 5.41) is 3.99. The summed E-state index contributed by atoms with van der Waals surface area (Å²) in [5.74, 6) is -1.81. The summed E-state index contributed by atoms with van der Waals surface area (Å²) in [6.07, 6.45) is -9.04. The monoisotopic (exact) mass is 610 g/mol. The van der Waals surface area contributed by atoms with Gasteiger partial charge in [-0.1, -0.05) is 41.5 Å². The average Bonchev–Trinajstić information content (AvgIpc) is 3.53. The standard InChI is InChI=1S/C24H18Cl2F6N4O2S/c1-36-16-9-15(26)12(19(37)35-22(4-5-22)21(33)39)6-11(16)8-17(36)20(38)34-18(24(30,31)32)10-2-3-14(25)13(7-10)23(27,28)29/h2-3,6-9,18H,4-5H2,1H3,(H2,33,39)(H,34,38)(H,35,37). The molecule has 4 N–H and O–H groups in total. The number of benzene rings is 2. The predicted octanol–water partition coefficient (Wildman–Crippen LogP) is 6.09. The Morgan fingerprint density at radius 2 is 1.67 bits per heavy atom. The topological polar surface area (TPSA) is 89.2 Å². The van der Waals surface area contributed by atoms with Crippen LogP contribution in [0.25, 0.3) is 10.9 Å². The highest BCUT2D eigenvalue weighted by atomic mass is 35.5. The van der Waals surface area contributed by atoms with E-state index in [1.54, 1.807) is 5.32 Å². The second-order valence-electron chi connectivity index (χ2n) is 9.07. The molecular weight excluding hydrogens is 593 g/mol. The maximum Gasteiger partial charge on any atom is 0.417 e. The summed E-state index contributed by atoms with van der Waals surface area (Å²) >= 11 is 16.8. The fourth-order valence-electron chi connectivity index (χ4n) is 4.09. The van der Waals surface area contributed by atoms with E-state index in [-0.39, 0.29) is 27.3 Å². The van der Waals surface area contributed by atoms with Crippen LogP contribution in [0, 0.1) is 0 Å². The molecule has 3 aromatic rings. The number of aromatic nitrogens is 1. The number of amides is 2. The number of alkyl halides is 6. The van der Waals surface area contributed by atoms with Gasteiger partial charge in [-0.3, -0.25) is 9.59 Å². The van der Waals surface area contributed by atoms with E-state index in [9.17, 15) is 35.9 Å². The normalized spacial score (nSPS) is 15.6. The van der Waals surface area contributed by atoms with Gasteiger partial charge in [0.2, 0.25) is 0 Å². The number of nitrogens with one attached hydrogen (secondary N) is 2. The van der Waals surface area contributed by atoms with Crippen molar-refractivity contribution in [2.45, 2.75) is 36.8 Å². The lowest BCUT2D eigenvalue weighted by Crippen LogP contribution is -2.45. The SMILES string of the molecule is Cn1c(C(=O)NC(c2ccc(Cl)c(C(F)(F)F)c2)C(F)(F)F)cc2cc(C(=O)NC3(C(N)=S)CC3)c(Cl)cc21. The van der Waals surface area contributed by atoms with Crippen molar-refractivity contribution in [3.05, 3.63) is 68.8 Å². The van der Waals surface area contributed by atoms with E-state index >= 15 is 0 Å². The molecule has 0 spiro atoms. The van der Waals surface area contributed by atoms with Gasteiger partial charge in [-0.2, -0.15) is 26.3 Å². The largest absolute Gasteiger partial charge is 0.417 e. The molecule has 1 aliphatic rings. The zero-order chi connectivity index (χ0) is 29.1. The van der Waals surface area contributed by atoms with Gasteiger partial charge < -0.3 is 20.9 Å². The molecule has 2 amide bonds. The van der Waals surface area contributed by atoms with E-state index < -0.39 is 51.9 Å². The highest BCUT2D eigenvalue weighted by Gasteiger charge is 2.47. The van der Waals surface area contributed by atoms with Crippen LogP contribution < -0.4 is 16.4 Å². The number of rotatable bonds is 6. The Bertz CT molecular complexity index is 1510. The zero-order valence-corrected chi connectivity index (χ0v) is 22.1. The molecule has 0 radical (unpaired) electrons. The molecule has 15 heteroatoms. The lowest BCUT2D eigenvalue weighted by molar-refractivity contribution is -0.156. The lowest BCUT2D eigenvalue weighted by Gasteiger charge is -2.23. The first-order valence-corrected chi connectivity index (χ1v) is 12.3. The fourth-order valence-corrected chi connectivity index (χ4v) is 4.82. The van der Waals surface area contributed by atoms with Crippen molar-refractivity contribution in [3.8, 4) is 0 Å². The molecule has 1 fully saturated rings. The number of halogens is 8. The van der Waals surface area contributed by atoms with Crippen molar-refractivity contribution in [1.82, 2.24) is 15.2 Å². The number of nitrogens with two attached hydrogens (primary N) is 1. The second-order valence-corrected chi connectivity index (χ2v) is 10.3. The number of thiocarbonyl (C=S) groups is 1.